The summed E-state index contributed by atoms with van der Waals surface area (Å²) in [5.74, 6) is 3.20. The highest BCUT2D eigenvalue weighted by Crippen LogP contribution is 2.35. The van der Waals surface area contributed by atoms with Crippen LogP contribution in [-0.4, -0.2) is 20.3 Å². The van der Waals surface area contributed by atoms with Gasteiger partial charge in [0, 0.05) is 6.54 Å². The number of hydrogen-bond acceptors (Lipinski definition) is 3. The molecule has 1 aromatic rings. The van der Waals surface area contributed by atoms with Crippen molar-refractivity contribution in [2.75, 3.05) is 14.2 Å². The Balaban J connectivity index is 2.12. The Labute approximate surface area is 122 Å². The fourth-order valence-electron chi connectivity index (χ4n) is 3.28. The molecule has 0 bridgehead atoms. The summed E-state index contributed by atoms with van der Waals surface area (Å²) in [4.78, 5) is 0. The number of hydrogen-bond donors (Lipinski definition) is 1. The van der Waals surface area contributed by atoms with Crippen LogP contribution in [0, 0.1) is 11.8 Å². The van der Waals surface area contributed by atoms with Crippen molar-refractivity contribution in [2.45, 2.75) is 45.8 Å². The maximum atomic E-state index is 6.25. The van der Waals surface area contributed by atoms with Crippen molar-refractivity contribution in [3.05, 3.63) is 23.8 Å². The van der Waals surface area contributed by atoms with E-state index in [9.17, 15) is 0 Å². The third-order valence-electron chi connectivity index (χ3n) is 4.04. The summed E-state index contributed by atoms with van der Waals surface area (Å²) in [6.07, 6.45) is 3.91. The van der Waals surface area contributed by atoms with Crippen molar-refractivity contribution >= 4 is 0 Å². The Morgan fingerprint density at radius 1 is 1.10 bits per heavy atom. The number of ether oxygens (including phenoxy) is 2. The summed E-state index contributed by atoms with van der Waals surface area (Å²) in [6.45, 7) is 5.49. The molecule has 0 radical (unpaired) electrons. The van der Waals surface area contributed by atoms with Gasteiger partial charge < -0.3 is 14.8 Å². The lowest BCUT2D eigenvalue weighted by atomic mass is 9.82. The normalized spacial score (nSPS) is 26.3. The molecule has 0 saturated heterocycles. The quantitative estimate of drug-likeness (QED) is 0.891. The minimum atomic E-state index is 0.312. The van der Waals surface area contributed by atoms with E-state index in [4.69, 9.17) is 9.47 Å². The van der Waals surface area contributed by atoms with E-state index in [-0.39, 0.29) is 0 Å². The van der Waals surface area contributed by atoms with Crippen LogP contribution in [0.25, 0.3) is 0 Å². The minimum absolute atomic E-state index is 0.312. The lowest BCUT2D eigenvalue weighted by molar-refractivity contribution is 0.0979. The van der Waals surface area contributed by atoms with Crippen LogP contribution in [0.1, 0.15) is 38.7 Å². The van der Waals surface area contributed by atoms with Gasteiger partial charge in [-0.3, -0.25) is 0 Å². The molecule has 1 aliphatic rings. The molecule has 0 heterocycles. The van der Waals surface area contributed by atoms with Gasteiger partial charge in [-0.25, -0.2) is 0 Å². The maximum Gasteiger partial charge on any atom is 0.161 e. The molecule has 0 spiro atoms. The molecule has 3 heteroatoms. The van der Waals surface area contributed by atoms with Crippen molar-refractivity contribution in [1.29, 1.82) is 0 Å². The van der Waals surface area contributed by atoms with Crippen LogP contribution in [0.3, 0.4) is 0 Å². The topological polar surface area (TPSA) is 30.5 Å². The summed E-state index contributed by atoms with van der Waals surface area (Å²) in [5, 5.41) is 3.17. The molecule has 112 valence electrons. The van der Waals surface area contributed by atoms with Crippen LogP contribution < -0.4 is 14.8 Å². The first kappa shape index (κ1) is 15.2. The van der Waals surface area contributed by atoms with Crippen molar-refractivity contribution in [1.82, 2.24) is 5.32 Å². The molecule has 2 atom stereocenters. The first-order chi connectivity index (χ1) is 9.62. The highest BCUT2D eigenvalue weighted by Gasteiger charge is 2.26. The predicted octanol–water partition coefficient (Wildman–Crippen LogP) is 3.62. The van der Waals surface area contributed by atoms with Crippen molar-refractivity contribution < 1.29 is 9.47 Å². The highest BCUT2D eigenvalue weighted by molar-refractivity contribution is 5.43. The minimum Gasteiger partial charge on any atom is -0.493 e. The standard InChI is InChI=1S/C17H27NO2/c1-12-7-13(2)9-15(8-12)20-17-10-14(11-18-3)5-6-16(17)19-4/h5-6,10,12-13,15,18H,7-9,11H2,1-4H3. The molecule has 1 fully saturated rings. The van der Waals surface area contributed by atoms with E-state index in [0.29, 0.717) is 6.10 Å². The second kappa shape index (κ2) is 6.98. The highest BCUT2D eigenvalue weighted by atomic mass is 16.5. The van der Waals surface area contributed by atoms with Crippen LogP contribution in [0.2, 0.25) is 0 Å². The number of methoxy groups -OCH3 is 1. The van der Waals surface area contributed by atoms with Gasteiger partial charge in [-0.1, -0.05) is 19.9 Å². The molecule has 2 rings (SSSR count). The van der Waals surface area contributed by atoms with E-state index >= 15 is 0 Å². The molecule has 0 aliphatic heterocycles. The molecule has 0 aromatic heterocycles. The first-order valence-corrected chi connectivity index (χ1v) is 7.60. The molecule has 3 nitrogen and oxygen atoms in total. The van der Waals surface area contributed by atoms with Crippen molar-refractivity contribution in [3.8, 4) is 11.5 Å². The first-order valence-electron chi connectivity index (χ1n) is 7.60. The smallest absolute Gasteiger partial charge is 0.161 e. The molecule has 20 heavy (non-hydrogen) atoms. The molecular weight excluding hydrogens is 250 g/mol. The van der Waals surface area contributed by atoms with Gasteiger partial charge in [-0.2, -0.15) is 0 Å². The van der Waals surface area contributed by atoms with Gasteiger partial charge in [0.2, 0.25) is 0 Å². The molecular formula is C17H27NO2. The van der Waals surface area contributed by atoms with Crippen LogP contribution in [-0.2, 0) is 6.54 Å². The van der Waals surface area contributed by atoms with Gasteiger partial charge in [0.05, 0.1) is 13.2 Å². The lowest BCUT2D eigenvalue weighted by Crippen LogP contribution is -2.28. The molecule has 1 saturated carbocycles. The monoisotopic (exact) mass is 277 g/mol. The predicted molar refractivity (Wildman–Crippen MR) is 82.4 cm³/mol. The number of rotatable bonds is 5. The Morgan fingerprint density at radius 3 is 2.40 bits per heavy atom. The van der Waals surface area contributed by atoms with Gasteiger partial charge in [-0.05, 0) is 55.8 Å². The second-order valence-corrected chi connectivity index (χ2v) is 6.17. The molecule has 1 aromatic carbocycles. The van der Waals surface area contributed by atoms with Crippen LogP contribution >= 0.6 is 0 Å². The third-order valence-corrected chi connectivity index (χ3v) is 4.04. The second-order valence-electron chi connectivity index (χ2n) is 6.17. The number of nitrogens with one attached hydrogen (secondary N) is 1. The van der Waals surface area contributed by atoms with E-state index in [1.807, 2.05) is 13.1 Å². The van der Waals surface area contributed by atoms with Gasteiger partial charge in [-0.15, -0.1) is 0 Å². The van der Waals surface area contributed by atoms with Crippen molar-refractivity contribution in [2.24, 2.45) is 11.8 Å². The Morgan fingerprint density at radius 2 is 1.80 bits per heavy atom. The zero-order chi connectivity index (χ0) is 14.5. The summed E-state index contributed by atoms with van der Waals surface area (Å²) >= 11 is 0. The molecule has 2 unspecified atom stereocenters. The Hall–Kier alpha value is -1.22. The van der Waals surface area contributed by atoms with Gasteiger partial charge in [0.15, 0.2) is 11.5 Å². The fourth-order valence-corrected chi connectivity index (χ4v) is 3.28. The SMILES string of the molecule is CNCc1ccc(OC)c(OC2CC(C)CC(C)C2)c1. The zero-order valence-electron chi connectivity index (χ0n) is 13.1. The Bertz CT molecular complexity index is 423. The average Bonchev–Trinajstić information content (AvgIpc) is 2.38. The third kappa shape index (κ3) is 3.89. The summed E-state index contributed by atoms with van der Waals surface area (Å²) in [6, 6.07) is 6.17. The summed E-state index contributed by atoms with van der Waals surface area (Å²) in [7, 11) is 3.65. The zero-order valence-corrected chi connectivity index (χ0v) is 13.1. The van der Waals surface area contributed by atoms with Gasteiger partial charge >= 0.3 is 0 Å². The molecule has 1 N–H and O–H groups in total. The van der Waals surface area contributed by atoms with Crippen LogP contribution in [0.4, 0.5) is 0 Å². The Kier molecular flexibility index (Phi) is 5.30. The van der Waals surface area contributed by atoms with E-state index < -0.39 is 0 Å². The van der Waals surface area contributed by atoms with E-state index in [1.165, 1.54) is 12.0 Å². The lowest BCUT2D eigenvalue weighted by Gasteiger charge is -2.32. The number of benzene rings is 1. The molecule has 0 amide bonds. The van der Waals surface area contributed by atoms with Crippen molar-refractivity contribution in [3.63, 3.8) is 0 Å². The fraction of sp³-hybridized carbons (Fsp3) is 0.647. The maximum absolute atomic E-state index is 6.25. The average molecular weight is 277 g/mol. The summed E-state index contributed by atoms with van der Waals surface area (Å²) in [5.41, 5.74) is 1.22. The van der Waals surface area contributed by atoms with Gasteiger partial charge in [0.25, 0.3) is 0 Å². The van der Waals surface area contributed by atoms with Crippen LogP contribution in [0.5, 0.6) is 11.5 Å². The van der Waals surface area contributed by atoms with Gasteiger partial charge in [0.1, 0.15) is 0 Å². The van der Waals surface area contributed by atoms with E-state index in [2.05, 4.69) is 31.3 Å². The van der Waals surface area contributed by atoms with E-state index in [0.717, 1.165) is 42.7 Å². The van der Waals surface area contributed by atoms with E-state index in [1.54, 1.807) is 7.11 Å². The summed E-state index contributed by atoms with van der Waals surface area (Å²) < 4.78 is 11.7. The molecule has 1 aliphatic carbocycles. The largest absolute Gasteiger partial charge is 0.493 e. The van der Waals surface area contributed by atoms with Crippen LogP contribution in [0.15, 0.2) is 18.2 Å².